The van der Waals surface area contributed by atoms with Crippen molar-refractivity contribution < 1.29 is 9.72 Å². The molecule has 2 aliphatic heterocycles. The SMILES string of the molecule is Cc1ccc2c(c1)C(C)(C)C1(/C=C/c3cccc([N+](=O)[O-])c3)NC(=O)CN21. The molecule has 0 saturated carbocycles. The Morgan fingerprint density at radius 3 is 2.74 bits per heavy atom. The van der Waals surface area contributed by atoms with E-state index in [1.807, 2.05) is 18.2 Å². The van der Waals surface area contributed by atoms with E-state index >= 15 is 0 Å². The van der Waals surface area contributed by atoms with Crippen LogP contribution >= 0.6 is 0 Å². The third-order valence-electron chi connectivity index (χ3n) is 5.72. The molecule has 2 aliphatic rings. The Hall–Kier alpha value is -3.15. The van der Waals surface area contributed by atoms with Crippen molar-refractivity contribution in [1.82, 2.24) is 5.32 Å². The number of hydrogen-bond acceptors (Lipinski definition) is 4. The van der Waals surface area contributed by atoms with E-state index in [-0.39, 0.29) is 17.0 Å². The summed E-state index contributed by atoms with van der Waals surface area (Å²) in [6.45, 7) is 6.59. The zero-order valence-electron chi connectivity index (χ0n) is 15.5. The van der Waals surface area contributed by atoms with Gasteiger partial charge < -0.3 is 10.2 Å². The highest BCUT2D eigenvalue weighted by Crippen LogP contribution is 2.53. The van der Waals surface area contributed by atoms with Crippen LogP contribution in [0.2, 0.25) is 0 Å². The highest BCUT2D eigenvalue weighted by atomic mass is 16.6. The summed E-state index contributed by atoms with van der Waals surface area (Å²) >= 11 is 0. The third-order valence-corrected chi connectivity index (χ3v) is 5.72. The lowest BCUT2D eigenvalue weighted by Crippen LogP contribution is -2.58. The predicted molar refractivity (Wildman–Crippen MR) is 105 cm³/mol. The number of anilines is 1. The van der Waals surface area contributed by atoms with E-state index in [0.29, 0.717) is 6.54 Å². The number of hydrogen-bond donors (Lipinski definition) is 1. The quantitative estimate of drug-likeness (QED) is 0.668. The summed E-state index contributed by atoms with van der Waals surface area (Å²) in [5, 5.41) is 14.2. The molecule has 27 heavy (non-hydrogen) atoms. The second-order valence-corrected chi connectivity index (χ2v) is 7.73. The van der Waals surface area contributed by atoms with Crippen molar-refractivity contribution in [2.24, 2.45) is 0 Å². The maximum absolute atomic E-state index is 12.3. The molecule has 0 aromatic heterocycles. The van der Waals surface area contributed by atoms with Gasteiger partial charge in [-0.15, -0.1) is 0 Å². The molecule has 1 amide bonds. The monoisotopic (exact) mass is 363 g/mol. The standard InChI is InChI=1S/C21H21N3O3/c1-14-7-8-18-17(11-14)20(2,3)21(22-19(25)13-23(18)21)10-9-15-5-4-6-16(12-15)24(26)27/h4-12H,13H2,1-3H3,(H,22,25)/b10-9+. The van der Waals surface area contributed by atoms with Gasteiger partial charge in [-0.3, -0.25) is 14.9 Å². The average Bonchev–Trinajstić information content (AvgIpc) is 3.05. The molecule has 0 aliphatic carbocycles. The van der Waals surface area contributed by atoms with Crippen molar-refractivity contribution in [1.29, 1.82) is 0 Å². The van der Waals surface area contributed by atoms with Crippen LogP contribution in [0.1, 0.15) is 30.5 Å². The number of carbonyl (C=O) groups is 1. The van der Waals surface area contributed by atoms with E-state index in [4.69, 9.17) is 0 Å². The number of non-ortho nitro benzene ring substituents is 1. The molecule has 6 nitrogen and oxygen atoms in total. The number of carbonyl (C=O) groups excluding carboxylic acids is 1. The molecule has 2 aromatic rings. The minimum absolute atomic E-state index is 0.0296. The molecule has 1 fully saturated rings. The molecule has 0 radical (unpaired) electrons. The molecule has 4 rings (SSSR count). The van der Waals surface area contributed by atoms with E-state index in [1.165, 1.54) is 23.3 Å². The maximum atomic E-state index is 12.3. The second-order valence-electron chi connectivity index (χ2n) is 7.73. The average molecular weight is 363 g/mol. The first-order valence-electron chi connectivity index (χ1n) is 8.88. The summed E-state index contributed by atoms with van der Waals surface area (Å²) in [6, 6.07) is 12.8. The van der Waals surface area contributed by atoms with Gasteiger partial charge >= 0.3 is 0 Å². The second kappa shape index (κ2) is 5.67. The Morgan fingerprint density at radius 1 is 1.22 bits per heavy atom. The van der Waals surface area contributed by atoms with Gasteiger partial charge in [-0.25, -0.2) is 0 Å². The minimum atomic E-state index is -0.704. The van der Waals surface area contributed by atoms with Gasteiger partial charge in [-0.2, -0.15) is 0 Å². The van der Waals surface area contributed by atoms with Crippen molar-refractivity contribution >= 4 is 23.4 Å². The highest BCUT2D eigenvalue weighted by Gasteiger charge is 2.59. The Kier molecular flexibility index (Phi) is 3.63. The van der Waals surface area contributed by atoms with Gasteiger partial charge in [0, 0.05) is 23.2 Å². The predicted octanol–water partition coefficient (Wildman–Crippen LogP) is 3.54. The molecular weight excluding hydrogens is 342 g/mol. The number of amides is 1. The maximum Gasteiger partial charge on any atom is 0.270 e. The fourth-order valence-corrected chi connectivity index (χ4v) is 4.25. The van der Waals surface area contributed by atoms with Crippen molar-refractivity contribution in [3.63, 3.8) is 0 Å². The van der Waals surface area contributed by atoms with Crippen LogP contribution < -0.4 is 10.2 Å². The molecule has 6 heteroatoms. The molecular formula is C21H21N3O3. The largest absolute Gasteiger partial charge is 0.335 e. The summed E-state index contributed by atoms with van der Waals surface area (Å²) in [5.41, 5.74) is 3.11. The number of aryl methyl sites for hydroxylation is 1. The lowest BCUT2D eigenvalue weighted by Gasteiger charge is -2.40. The van der Waals surface area contributed by atoms with Gasteiger partial charge in [-0.1, -0.05) is 49.8 Å². The summed E-state index contributed by atoms with van der Waals surface area (Å²) in [7, 11) is 0. The molecule has 138 valence electrons. The van der Waals surface area contributed by atoms with Gasteiger partial charge in [0.1, 0.15) is 5.66 Å². The van der Waals surface area contributed by atoms with Crippen LogP contribution in [-0.2, 0) is 10.2 Å². The zero-order valence-corrected chi connectivity index (χ0v) is 15.5. The fraction of sp³-hybridized carbons (Fsp3) is 0.286. The van der Waals surface area contributed by atoms with Crippen molar-refractivity contribution in [3.05, 3.63) is 75.3 Å². The van der Waals surface area contributed by atoms with E-state index in [2.05, 4.69) is 49.2 Å². The fourth-order valence-electron chi connectivity index (χ4n) is 4.25. The number of nitrogens with one attached hydrogen (secondary N) is 1. The van der Waals surface area contributed by atoms with Crippen molar-refractivity contribution in [2.75, 3.05) is 11.4 Å². The zero-order chi connectivity index (χ0) is 19.4. The molecule has 1 saturated heterocycles. The number of rotatable bonds is 3. The van der Waals surface area contributed by atoms with Gasteiger partial charge in [0.05, 0.1) is 11.5 Å². The van der Waals surface area contributed by atoms with E-state index in [9.17, 15) is 14.9 Å². The van der Waals surface area contributed by atoms with Crippen LogP contribution in [0.15, 0.2) is 48.5 Å². The smallest absolute Gasteiger partial charge is 0.270 e. The van der Waals surface area contributed by atoms with E-state index < -0.39 is 10.6 Å². The van der Waals surface area contributed by atoms with Gasteiger partial charge in [0.25, 0.3) is 5.69 Å². The summed E-state index contributed by atoms with van der Waals surface area (Å²) in [5.74, 6) is -0.0296. The third kappa shape index (κ3) is 2.44. The normalized spacial score (nSPS) is 22.6. The van der Waals surface area contributed by atoms with Crippen LogP contribution in [0.5, 0.6) is 0 Å². The number of nitro benzene ring substituents is 1. The lowest BCUT2D eigenvalue weighted by atomic mass is 9.75. The van der Waals surface area contributed by atoms with E-state index in [1.54, 1.807) is 6.07 Å². The van der Waals surface area contributed by atoms with Crippen LogP contribution in [-0.4, -0.2) is 23.0 Å². The van der Waals surface area contributed by atoms with Crippen LogP contribution in [0.25, 0.3) is 6.08 Å². The Bertz CT molecular complexity index is 996. The first kappa shape index (κ1) is 17.3. The first-order valence-corrected chi connectivity index (χ1v) is 8.88. The van der Waals surface area contributed by atoms with Crippen LogP contribution in [0.4, 0.5) is 11.4 Å². The van der Waals surface area contributed by atoms with E-state index in [0.717, 1.165) is 11.3 Å². The Morgan fingerprint density at radius 2 is 2.00 bits per heavy atom. The summed E-state index contributed by atoms with van der Waals surface area (Å²) in [6.07, 6.45) is 3.82. The number of fused-ring (bicyclic) bond motifs is 3. The first-order chi connectivity index (χ1) is 12.7. The Balaban J connectivity index is 1.81. The topological polar surface area (TPSA) is 75.5 Å². The molecule has 2 heterocycles. The van der Waals surface area contributed by atoms with Crippen LogP contribution in [0, 0.1) is 17.0 Å². The Labute approximate surface area is 157 Å². The summed E-state index contributed by atoms with van der Waals surface area (Å²) < 4.78 is 0. The molecule has 0 spiro atoms. The van der Waals surface area contributed by atoms with Gasteiger partial charge in [-0.05, 0) is 30.2 Å². The summed E-state index contributed by atoms with van der Waals surface area (Å²) in [4.78, 5) is 25.0. The van der Waals surface area contributed by atoms with Crippen LogP contribution in [0.3, 0.4) is 0 Å². The number of nitro groups is 1. The molecule has 1 N–H and O–H groups in total. The minimum Gasteiger partial charge on any atom is -0.335 e. The number of benzene rings is 2. The molecule has 1 atom stereocenters. The lowest BCUT2D eigenvalue weighted by molar-refractivity contribution is -0.384. The molecule has 0 bridgehead atoms. The number of nitrogens with zero attached hydrogens (tertiary/aromatic N) is 2. The molecule has 1 unspecified atom stereocenters. The van der Waals surface area contributed by atoms with Crippen molar-refractivity contribution in [2.45, 2.75) is 31.8 Å². The van der Waals surface area contributed by atoms with Gasteiger partial charge in [0.15, 0.2) is 0 Å². The highest BCUT2D eigenvalue weighted by molar-refractivity contribution is 5.91. The van der Waals surface area contributed by atoms with Gasteiger partial charge in [0.2, 0.25) is 5.91 Å². The molecule has 2 aromatic carbocycles. The van der Waals surface area contributed by atoms with Crippen molar-refractivity contribution in [3.8, 4) is 0 Å².